The van der Waals surface area contributed by atoms with E-state index in [1.54, 1.807) is 4.90 Å². The molecule has 2 rings (SSSR count). The molecule has 0 atom stereocenters. The van der Waals surface area contributed by atoms with Gasteiger partial charge in [-0.15, -0.1) is 0 Å². The molecule has 0 unspecified atom stereocenters. The first-order valence-electron chi connectivity index (χ1n) is 6.45. The van der Waals surface area contributed by atoms with Crippen LogP contribution in [0.5, 0.6) is 0 Å². The van der Waals surface area contributed by atoms with Gasteiger partial charge in [-0.05, 0) is 43.9 Å². The third-order valence-corrected chi connectivity index (χ3v) is 4.03. The van der Waals surface area contributed by atoms with E-state index >= 15 is 0 Å². The average Bonchev–Trinajstić information content (AvgIpc) is 2.34. The lowest BCUT2D eigenvalue weighted by molar-refractivity contribution is 0.0576. The number of alkyl halides is 1. The minimum Gasteiger partial charge on any atom is -0.336 e. The molecule has 0 radical (unpaired) electrons. The van der Waals surface area contributed by atoms with Gasteiger partial charge in [-0.3, -0.25) is 4.79 Å². The Kier molecular flexibility index (Phi) is 4.91. The van der Waals surface area contributed by atoms with Gasteiger partial charge in [0.1, 0.15) is 11.6 Å². The van der Waals surface area contributed by atoms with Crippen molar-refractivity contribution in [3.05, 3.63) is 35.4 Å². The first kappa shape index (κ1) is 14.4. The summed E-state index contributed by atoms with van der Waals surface area (Å²) in [5.41, 5.74) is -0.165. The average molecular weight is 332 g/mol. The number of carbonyl (C=O) groups excluding carboxylic acids is 1. The number of hydrogen-bond acceptors (Lipinski definition) is 1. The van der Waals surface area contributed by atoms with Crippen LogP contribution >= 0.6 is 15.9 Å². The fraction of sp³-hybridized carbons (Fsp3) is 0.500. The summed E-state index contributed by atoms with van der Waals surface area (Å²) in [4.78, 5) is 14.0. The maximum absolute atomic E-state index is 13.7. The van der Waals surface area contributed by atoms with Crippen LogP contribution in [-0.4, -0.2) is 28.7 Å². The second-order valence-corrected chi connectivity index (χ2v) is 5.54. The van der Waals surface area contributed by atoms with Crippen molar-refractivity contribution < 1.29 is 13.6 Å². The molecule has 0 N–H and O–H groups in total. The Morgan fingerprint density at radius 3 is 2.68 bits per heavy atom. The number of carbonyl (C=O) groups is 1. The van der Waals surface area contributed by atoms with Crippen molar-refractivity contribution in [2.24, 2.45) is 0 Å². The maximum Gasteiger partial charge on any atom is 0.257 e. The van der Waals surface area contributed by atoms with Gasteiger partial charge in [-0.25, -0.2) is 8.78 Å². The van der Waals surface area contributed by atoms with Crippen molar-refractivity contribution in [2.45, 2.75) is 31.7 Å². The SMILES string of the molecule is O=C(c1cc(F)ccc1F)N(CCCBr)C1CCC1. The van der Waals surface area contributed by atoms with Gasteiger partial charge in [0.25, 0.3) is 5.91 Å². The summed E-state index contributed by atoms with van der Waals surface area (Å²) in [5, 5.41) is 0.787. The van der Waals surface area contributed by atoms with E-state index in [9.17, 15) is 13.6 Å². The number of halogens is 3. The molecular weight excluding hydrogens is 316 g/mol. The van der Waals surface area contributed by atoms with Crippen molar-refractivity contribution in [1.82, 2.24) is 4.90 Å². The fourth-order valence-corrected chi connectivity index (χ4v) is 2.45. The Morgan fingerprint density at radius 1 is 1.37 bits per heavy atom. The summed E-state index contributed by atoms with van der Waals surface area (Å²) in [6.07, 6.45) is 3.80. The Hall–Kier alpha value is -0.970. The van der Waals surface area contributed by atoms with Crippen molar-refractivity contribution in [3.8, 4) is 0 Å². The summed E-state index contributed by atoms with van der Waals surface area (Å²) in [6.45, 7) is 0.574. The molecule has 0 saturated heterocycles. The van der Waals surface area contributed by atoms with Gasteiger partial charge in [-0.1, -0.05) is 15.9 Å². The molecule has 0 bridgehead atoms. The highest BCUT2D eigenvalue weighted by Crippen LogP contribution is 2.27. The standard InChI is InChI=1S/C14H16BrF2NO/c15-7-2-8-18(11-3-1-4-11)14(19)12-9-10(16)5-6-13(12)17/h5-6,9,11H,1-4,7-8H2. The summed E-state index contributed by atoms with van der Waals surface area (Å²) in [7, 11) is 0. The van der Waals surface area contributed by atoms with Crippen LogP contribution < -0.4 is 0 Å². The minimum absolute atomic E-state index is 0.165. The van der Waals surface area contributed by atoms with Gasteiger partial charge in [-0.2, -0.15) is 0 Å². The Morgan fingerprint density at radius 2 is 2.11 bits per heavy atom. The number of nitrogens with zero attached hydrogens (tertiary/aromatic N) is 1. The molecule has 1 aliphatic carbocycles. The van der Waals surface area contributed by atoms with Crippen LogP contribution in [0, 0.1) is 11.6 Å². The maximum atomic E-state index is 13.7. The highest BCUT2D eigenvalue weighted by atomic mass is 79.9. The summed E-state index contributed by atoms with van der Waals surface area (Å²) in [6, 6.07) is 3.19. The van der Waals surface area contributed by atoms with Gasteiger partial charge < -0.3 is 4.90 Å². The van der Waals surface area contributed by atoms with E-state index in [1.165, 1.54) is 0 Å². The van der Waals surface area contributed by atoms with E-state index in [4.69, 9.17) is 0 Å². The molecular formula is C14H16BrF2NO. The van der Waals surface area contributed by atoms with Crippen LogP contribution in [0.15, 0.2) is 18.2 Å². The highest BCUT2D eigenvalue weighted by Gasteiger charge is 2.30. The number of amides is 1. The third kappa shape index (κ3) is 3.32. The van der Waals surface area contributed by atoms with E-state index in [2.05, 4.69) is 15.9 Å². The quantitative estimate of drug-likeness (QED) is 0.752. The smallest absolute Gasteiger partial charge is 0.257 e. The molecule has 19 heavy (non-hydrogen) atoms. The zero-order chi connectivity index (χ0) is 13.8. The Labute approximate surface area is 119 Å². The first-order valence-corrected chi connectivity index (χ1v) is 7.57. The molecule has 1 saturated carbocycles. The largest absolute Gasteiger partial charge is 0.336 e. The zero-order valence-electron chi connectivity index (χ0n) is 10.5. The molecule has 104 valence electrons. The summed E-state index contributed by atoms with van der Waals surface area (Å²) in [5.74, 6) is -1.64. The van der Waals surface area contributed by atoms with Gasteiger partial charge in [0, 0.05) is 17.9 Å². The normalized spacial score (nSPS) is 15.1. The fourth-order valence-electron chi connectivity index (χ4n) is 2.19. The summed E-state index contributed by atoms with van der Waals surface area (Å²) < 4.78 is 26.8. The van der Waals surface area contributed by atoms with Gasteiger partial charge in [0.15, 0.2) is 0 Å². The van der Waals surface area contributed by atoms with Crippen LogP contribution in [0.25, 0.3) is 0 Å². The summed E-state index contributed by atoms with van der Waals surface area (Å²) >= 11 is 3.33. The van der Waals surface area contributed by atoms with Crippen LogP contribution in [0.3, 0.4) is 0 Å². The van der Waals surface area contributed by atoms with E-state index in [-0.39, 0.29) is 11.6 Å². The molecule has 0 heterocycles. The van der Waals surface area contributed by atoms with Gasteiger partial charge in [0.05, 0.1) is 5.56 Å². The van der Waals surface area contributed by atoms with Gasteiger partial charge >= 0.3 is 0 Å². The van der Waals surface area contributed by atoms with E-state index < -0.39 is 17.5 Å². The van der Waals surface area contributed by atoms with Crippen molar-refractivity contribution in [2.75, 3.05) is 11.9 Å². The Balaban J connectivity index is 2.19. The lowest BCUT2D eigenvalue weighted by Crippen LogP contribution is -2.45. The topological polar surface area (TPSA) is 20.3 Å². The number of rotatable bonds is 5. The highest BCUT2D eigenvalue weighted by molar-refractivity contribution is 9.09. The van der Waals surface area contributed by atoms with E-state index in [0.717, 1.165) is 49.2 Å². The lowest BCUT2D eigenvalue weighted by Gasteiger charge is -2.37. The van der Waals surface area contributed by atoms with E-state index in [1.807, 2.05) is 0 Å². The third-order valence-electron chi connectivity index (χ3n) is 3.47. The molecule has 1 fully saturated rings. The molecule has 5 heteroatoms. The zero-order valence-corrected chi connectivity index (χ0v) is 12.1. The van der Waals surface area contributed by atoms with Crippen LogP contribution in [0.1, 0.15) is 36.0 Å². The second-order valence-electron chi connectivity index (χ2n) is 4.75. The molecule has 0 aliphatic heterocycles. The Bertz CT molecular complexity index is 463. The van der Waals surface area contributed by atoms with E-state index in [0.29, 0.717) is 6.54 Å². The molecule has 1 amide bonds. The number of hydrogen-bond donors (Lipinski definition) is 0. The molecule has 1 aliphatic rings. The number of benzene rings is 1. The van der Waals surface area contributed by atoms with Crippen molar-refractivity contribution >= 4 is 21.8 Å². The van der Waals surface area contributed by atoms with Crippen molar-refractivity contribution in [3.63, 3.8) is 0 Å². The van der Waals surface area contributed by atoms with Crippen LogP contribution in [-0.2, 0) is 0 Å². The van der Waals surface area contributed by atoms with Crippen molar-refractivity contribution in [1.29, 1.82) is 0 Å². The molecule has 0 spiro atoms. The molecule has 0 aromatic heterocycles. The molecule has 1 aromatic rings. The van der Waals surface area contributed by atoms with Gasteiger partial charge in [0.2, 0.25) is 0 Å². The first-order chi connectivity index (χ1) is 9.13. The lowest BCUT2D eigenvalue weighted by atomic mass is 9.90. The second kappa shape index (κ2) is 6.46. The molecule has 2 nitrogen and oxygen atoms in total. The van der Waals surface area contributed by atoms with Crippen LogP contribution in [0.2, 0.25) is 0 Å². The minimum atomic E-state index is -0.658. The molecule has 1 aromatic carbocycles. The predicted octanol–water partition coefficient (Wildman–Crippen LogP) is 3.74. The van der Waals surface area contributed by atoms with Crippen LogP contribution in [0.4, 0.5) is 8.78 Å². The predicted molar refractivity (Wildman–Crippen MR) is 73.4 cm³/mol. The monoisotopic (exact) mass is 331 g/mol.